The Bertz CT molecular complexity index is 2510. The van der Waals surface area contributed by atoms with Gasteiger partial charge in [-0.2, -0.15) is 0 Å². The van der Waals surface area contributed by atoms with Gasteiger partial charge in [0.1, 0.15) is 16.9 Å². The normalized spacial score (nSPS) is 13.4. The number of fused-ring (bicyclic) bond motifs is 6. The third kappa shape index (κ3) is 4.79. The molecule has 2 aliphatic rings. The molecule has 0 bridgehead atoms. The average molecular weight is 656 g/mol. The number of nitrogens with zero attached hydrogens (tertiary/aromatic N) is 1. The fraction of sp³-hybridized carbons (Fsp3) is 0.178. The minimum absolute atomic E-state index is 0.0303. The highest BCUT2D eigenvalue weighted by molar-refractivity contribution is 5.96. The van der Waals surface area contributed by atoms with Crippen LogP contribution in [-0.2, 0) is 10.8 Å². The van der Waals surface area contributed by atoms with Crippen molar-refractivity contribution in [2.24, 2.45) is 0 Å². The predicted molar refractivity (Wildman–Crippen MR) is 203 cm³/mol. The summed E-state index contributed by atoms with van der Waals surface area (Å²) in [5.41, 5.74) is 10.3. The number of rotatable bonds is 2. The second kappa shape index (κ2) is 10.6. The van der Waals surface area contributed by atoms with Crippen molar-refractivity contribution in [1.29, 1.82) is 0 Å². The van der Waals surface area contributed by atoms with Crippen LogP contribution in [0, 0.1) is 0 Å². The van der Waals surface area contributed by atoms with Crippen LogP contribution in [0.1, 0.15) is 52.7 Å². The van der Waals surface area contributed by atoms with Crippen molar-refractivity contribution in [3.8, 4) is 45.3 Å². The summed E-state index contributed by atoms with van der Waals surface area (Å²) in [5.74, 6) is 3.11. The van der Waals surface area contributed by atoms with E-state index in [0.717, 1.165) is 62.3 Å². The van der Waals surface area contributed by atoms with Crippen LogP contribution in [0.2, 0.25) is 0 Å². The van der Waals surface area contributed by atoms with Crippen LogP contribution in [0.4, 0.5) is 17.1 Å². The highest BCUT2D eigenvalue weighted by atomic mass is 16.5. The van der Waals surface area contributed by atoms with Crippen molar-refractivity contribution in [2.45, 2.75) is 52.4 Å². The quantitative estimate of drug-likeness (QED) is 0.173. The largest absolute Gasteiger partial charge is 0.456 e. The van der Waals surface area contributed by atoms with Crippen molar-refractivity contribution in [1.82, 2.24) is 0 Å². The fourth-order valence-electron chi connectivity index (χ4n) is 7.09. The van der Waals surface area contributed by atoms with E-state index in [9.17, 15) is 4.79 Å². The molecular formula is C45H37NO4. The molecule has 0 N–H and O–H groups in total. The molecule has 3 heterocycles. The van der Waals surface area contributed by atoms with E-state index >= 15 is 0 Å². The Morgan fingerprint density at radius 1 is 0.480 bits per heavy atom. The van der Waals surface area contributed by atoms with E-state index in [1.165, 1.54) is 11.1 Å². The van der Waals surface area contributed by atoms with Gasteiger partial charge in [-0.15, -0.1) is 0 Å². The molecule has 0 fully saturated rings. The average Bonchev–Trinajstić information content (AvgIpc) is 3.10. The minimum Gasteiger partial charge on any atom is -0.456 e. The first-order chi connectivity index (χ1) is 23.9. The first-order valence-electron chi connectivity index (χ1n) is 17.1. The molecule has 0 spiro atoms. The molecule has 5 nitrogen and oxygen atoms in total. The zero-order valence-corrected chi connectivity index (χ0v) is 29.0. The maximum Gasteiger partial charge on any atom is 0.200 e. The molecule has 0 unspecified atom stereocenters. The number of para-hydroxylation sites is 1. The van der Waals surface area contributed by atoms with Gasteiger partial charge in [-0.1, -0.05) is 90.1 Å². The monoisotopic (exact) mass is 655 g/mol. The predicted octanol–water partition coefficient (Wildman–Crippen LogP) is 12.6. The molecule has 9 rings (SSSR count). The third-order valence-electron chi connectivity index (χ3n) is 9.94. The molecule has 0 radical (unpaired) electrons. The Labute approximate surface area is 291 Å². The van der Waals surface area contributed by atoms with Crippen LogP contribution in [-0.4, -0.2) is 0 Å². The molecule has 0 atom stereocenters. The van der Waals surface area contributed by atoms with Crippen LogP contribution in [0.5, 0.6) is 23.0 Å². The van der Waals surface area contributed by atoms with E-state index < -0.39 is 0 Å². The van der Waals surface area contributed by atoms with Crippen molar-refractivity contribution in [2.75, 3.05) is 4.90 Å². The van der Waals surface area contributed by atoms with Gasteiger partial charge in [-0.3, -0.25) is 9.69 Å². The summed E-state index contributed by atoms with van der Waals surface area (Å²) in [7, 11) is 0. The first kappa shape index (κ1) is 30.3. The molecule has 1 aromatic heterocycles. The Hall–Kier alpha value is -5.81. The van der Waals surface area contributed by atoms with E-state index in [1.54, 1.807) is 0 Å². The van der Waals surface area contributed by atoms with Crippen LogP contribution in [0.3, 0.4) is 0 Å². The molecule has 0 saturated carbocycles. The van der Waals surface area contributed by atoms with Gasteiger partial charge >= 0.3 is 0 Å². The molecule has 6 aromatic carbocycles. The summed E-state index contributed by atoms with van der Waals surface area (Å²) in [6, 6.07) is 38.9. The summed E-state index contributed by atoms with van der Waals surface area (Å²) in [4.78, 5) is 15.7. The summed E-state index contributed by atoms with van der Waals surface area (Å²) < 4.78 is 19.6. The zero-order valence-electron chi connectivity index (χ0n) is 29.0. The maximum absolute atomic E-state index is 13.4. The summed E-state index contributed by atoms with van der Waals surface area (Å²) in [6.45, 7) is 13.3. The van der Waals surface area contributed by atoms with Crippen molar-refractivity contribution < 1.29 is 13.9 Å². The molecule has 50 heavy (non-hydrogen) atoms. The van der Waals surface area contributed by atoms with Gasteiger partial charge in [0.2, 0.25) is 5.43 Å². The highest BCUT2D eigenvalue weighted by Crippen LogP contribution is 2.61. The van der Waals surface area contributed by atoms with Gasteiger partial charge in [0.05, 0.1) is 22.1 Å². The minimum atomic E-state index is -0.0343. The lowest BCUT2D eigenvalue weighted by Gasteiger charge is -2.39. The van der Waals surface area contributed by atoms with Crippen LogP contribution >= 0.6 is 0 Å². The molecule has 246 valence electrons. The number of benzene rings is 6. The third-order valence-corrected chi connectivity index (χ3v) is 9.94. The van der Waals surface area contributed by atoms with Crippen molar-refractivity contribution >= 4 is 39.0 Å². The van der Waals surface area contributed by atoms with E-state index in [2.05, 4.69) is 113 Å². The lowest BCUT2D eigenvalue weighted by molar-refractivity contribution is 0.443. The van der Waals surface area contributed by atoms with Crippen molar-refractivity contribution in [3.63, 3.8) is 0 Å². The lowest BCUT2D eigenvalue weighted by atomic mass is 9.86. The smallest absolute Gasteiger partial charge is 0.200 e. The Kier molecular flexibility index (Phi) is 6.41. The van der Waals surface area contributed by atoms with Gasteiger partial charge in [0, 0.05) is 0 Å². The fourth-order valence-corrected chi connectivity index (χ4v) is 7.09. The number of hydrogen-bond acceptors (Lipinski definition) is 5. The molecule has 0 saturated heterocycles. The number of ether oxygens (including phenoxy) is 2. The second-order valence-corrected chi connectivity index (χ2v) is 15.4. The van der Waals surface area contributed by atoms with Crippen molar-refractivity contribution in [3.05, 3.63) is 137 Å². The molecule has 0 aliphatic carbocycles. The van der Waals surface area contributed by atoms with Crippen LogP contribution < -0.4 is 19.8 Å². The van der Waals surface area contributed by atoms with Crippen LogP contribution in [0.25, 0.3) is 44.2 Å². The van der Waals surface area contributed by atoms with Gasteiger partial charge < -0.3 is 13.9 Å². The molecule has 5 heteroatoms. The zero-order chi connectivity index (χ0) is 34.5. The van der Waals surface area contributed by atoms with E-state index in [4.69, 9.17) is 13.9 Å². The number of hydrogen-bond donors (Lipinski definition) is 0. The summed E-state index contributed by atoms with van der Waals surface area (Å²) in [5, 5.41) is 1.14. The van der Waals surface area contributed by atoms with Gasteiger partial charge in [0.15, 0.2) is 23.0 Å². The van der Waals surface area contributed by atoms with Gasteiger partial charge in [0.25, 0.3) is 0 Å². The standard InChI is InChI=1S/C45H37NO4/c1-44(2,3)30-15-17-34-38(24-30)49-40-22-29(23-41-42(40)46(34)35-18-16-31(45(4,5)6)25-39(35)50-41)27-11-9-10-26(20-27)28-14-19-37-33(21-28)43(47)32-12-7-8-13-36(32)48-37/h7-25H,1-6H3. The summed E-state index contributed by atoms with van der Waals surface area (Å²) in [6.07, 6.45) is 0. The van der Waals surface area contributed by atoms with Gasteiger partial charge in [-0.05, 0) is 111 Å². The topological polar surface area (TPSA) is 51.9 Å². The Morgan fingerprint density at radius 2 is 1.04 bits per heavy atom. The Morgan fingerprint density at radius 3 is 1.66 bits per heavy atom. The first-order valence-corrected chi connectivity index (χ1v) is 17.1. The molecule has 7 aromatic rings. The summed E-state index contributed by atoms with van der Waals surface area (Å²) >= 11 is 0. The van der Waals surface area contributed by atoms with E-state index in [0.29, 0.717) is 21.9 Å². The lowest BCUT2D eigenvalue weighted by Crippen LogP contribution is -2.22. The Balaban J connectivity index is 1.19. The SMILES string of the molecule is CC(C)(C)c1ccc2c(c1)Oc1cc(-c3cccc(-c4ccc5oc6ccccc6c(=O)c5c4)c3)cc3c1N2c1ccc(C(C)(C)C)cc1O3. The molecular weight excluding hydrogens is 618 g/mol. The highest BCUT2D eigenvalue weighted by Gasteiger charge is 2.36. The molecule has 2 aliphatic heterocycles. The van der Waals surface area contributed by atoms with Crippen LogP contribution in [0.15, 0.2) is 124 Å². The second-order valence-electron chi connectivity index (χ2n) is 15.4. The maximum atomic E-state index is 13.4. The van der Waals surface area contributed by atoms with E-state index in [1.807, 2.05) is 48.5 Å². The van der Waals surface area contributed by atoms with Gasteiger partial charge in [-0.25, -0.2) is 0 Å². The number of anilines is 3. The van der Waals surface area contributed by atoms with E-state index in [-0.39, 0.29) is 16.3 Å². The molecule has 0 amide bonds.